The first kappa shape index (κ1) is 11.9. The number of aromatic nitrogens is 2. The predicted octanol–water partition coefficient (Wildman–Crippen LogP) is 2.42. The molecule has 98 valence electrons. The zero-order valence-electron chi connectivity index (χ0n) is 10.7. The van der Waals surface area contributed by atoms with Gasteiger partial charge < -0.3 is 9.42 Å². The van der Waals surface area contributed by atoms with Crippen molar-refractivity contribution in [3.05, 3.63) is 36.2 Å². The third kappa shape index (κ3) is 2.23. The van der Waals surface area contributed by atoms with Gasteiger partial charge in [0.2, 0.25) is 17.6 Å². The van der Waals surface area contributed by atoms with E-state index in [0.29, 0.717) is 11.7 Å². The molecular weight excluding hydrogens is 242 g/mol. The van der Waals surface area contributed by atoms with Gasteiger partial charge in [0.25, 0.3) is 0 Å². The largest absolute Gasteiger partial charge is 0.337 e. The molecule has 0 bridgehead atoms. The van der Waals surface area contributed by atoms with E-state index in [1.165, 1.54) is 0 Å². The third-order valence-corrected chi connectivity index (χ3v) is 3.42. The summed E-state index contributed by atoms with van der Waals surface area (Å²) in [6.45, 7) is 2.34. The molecule has 0 spiro atoms. The average Bonchev–Trinajstić information content (AvgIpc) is 3.08. The zero-order valence-corrected chi connectivity index (χ0v) is 10.7. The summed E-state index contributed by atoms with van der Waals surface area (Å²) in [7, 11) is 0. The van der Waals surface area contributed by atoms with E-state index in [1.807, 2.05) is 30.3 Å². The predicted molar refractivity (Wildman–Crippen MR) is 69.1 cm³/mol. The molecule has 1 atom stereocenters. The number of amides is 1. The van der Waals surface area contributed by atoms with E-state index in [2.05, 4.69) is 10.1 Å². The topological polar surface area (TPSA) is 59.2 Å². The summed E-state index contributed by atoms with van der Waals surface area (Å²) in [4.78, 5) is 17.8. The summed E-state index contributed by atoms with van der Waals surface area (Å²) in [5, 5.41) is 4.00. The number of rotatable bonds is 2. The Balaban J connectivity index is 1.87. The molecule has 5 nitrogen and oxygen atoms in total. The van der Waals surface area contributed by atoms with Crippen LogP contribution in [-0.4, -0.2) is 27.5 Å². The van der Waals surface area contributed by atoms with Crippen LogP contribution in [-0.2, 0) is 4.79 Å². The second-order valence-electron chi connectivity index (χ2n) is 4.69. The molecule has 2 aromatic rings. The second kappa shape index (κ2) is 4.84. The standard InChI is InChI=1S/C14H15N3O2/c1-10(18)17-9-5-8-12(17)14-15-13(16-19-14)11-6-3-2-4-7-11/h2-4,6-7,12H,5,8-9H2,1H3/t12-/m1/s1. The number of benzene rings is 1. The summed E-state index contributed by atoms with van der Waals surface area (Å²) in [6.07, 6.45) is 1.86. The number of nitrogens with zero attached hydrogens (tertiary/aromatic N) is 3. The smallest absolute Gasteiger partial charge is 0.249 e. The maximum Gasteiger partial charge on any atom is 0.249 e. The highest BCUT2D eigenvalue weighted by molar-refractivity contribution is 5.74. The van der Waals surface area contributed by atoms with Crippen LogP contribution in [0.5, 0.6) is 0 Å². The molecule has 19 heavy (non-hydrogen) atoms. The fourth-order valence-electron chi connectivity index (χ4n) is 2.48. The number of carbonyl (C=O) groups excluding carboxylic acids is 1. The fourth-order valence-corrected chi connectivity index (χ4v) is 2.48. The van der Waals surface area contributed by atoms with Gasteiger partial charge >= 0.3 is 0 Å². The average molecular weight is 257 g/mol. The van der Waals surface area contributed by atoms with Crippen LogP contribution in [0.15, 0.2) is 34.9 Å². The Hall–Kier alpha value is -2.17. The molecular formula is C14H15N3O2. The normalized spacial score (nSPS) is 18.8. The van der Waals surface area contributed by atoms with Gasteiger partial charge in [0.1, 0.15) is 6.04 Å². The van der Waals surface area contributed by atoms with Gasteiger partial charge in [-0.05, 0) is 12.8 Å². The van der Waals surface area contributed by atoms with Gasteiger partial charge in [-0.15, -0.1) is 0 Å². The molecule has 1 fully saturated rings. The first-order valence-electron chi connectivity index (χ1n) is 6.42. The molecule has 1 aliphatic rings. The Morgan fingerprint density at radius 2 is 2.16 bits per heavy atom. The zero-order chi connectivity index (χ0) is 13.2. The molecule has 0 unspecified atom stereocenters. The molecule has 1 amide bonds. The first-order chi connectivity index (χ1) is 9.25. The Labute approximate surface area is 111 Å². The molecule has 0 saturated carbocycles. The van der Waals surface area contributed by atoms with Crippen LogP contribution in [0.1, 0.15) is 31.7 Å². The lowest BCUT2D eigenvalue weighted by molar-refractivity contribution is -0.130. The van der Waals surface area contributed by atoms with E-state index in [-0.39, 0.29) is 11.9 Å². The van der Waals surface area contributed by atoms with Crippen LogP contribution < -0.4 is 0 Å². The molecule has 1 saturated heterocycles. The second-order valence-corrected chi connectivity index (χ2v) is 4.69. The highest BCUT2D eigenvalue weighted by Gasteiger charge is 2.32. The van der Waals surface area contributed by atoms with Crippen LogP contribution in [0.3, 0.4) is 0 Å². The third-order valence-electron chi connectivity index (χ3n) is 3.42. The van der Waals surface area contributed by atoms with Gasteiger partial charge in [-0.25, -0.2) is 0 Å². The van der Waals surface area contributed by atoms with Crippen LogP contribution in [0.25, 0.3) is 11.4 Å². The first-order valence-corrected chi connectivity index (χ1v) is 6.42. The van der Waals surface area contributed by atoms with Crippen LogP contribution in [0.2, 0.25) is 0 Å². The fraction of sp³-hybridized carbons (Fsp3) is 0.357. The van der Waals surface area contributed by atoms with E-state index in [9.17, 15) is 4.79 Å². The van der Waals surface area contributed by atoms with E-state index in [1.54, 1.807) is 11.8 Å². The Morgan fingerprint density at radius 1 is 1.37 bits per heavy atom. The van der Waals surface area contributed by atoms with Gasteiger partial charge in [0, 0.05) is 19.0 Å². The van der Waals surface area contributed by atoms with Crippen molar-refractivity contribution in [2.45, 2.75) is 25.8 Å². The molecule has 0 radical (unpaired) electrons. The Bertz CT molecular complexity index is 579. The summed E-state index contributed by atoms with van der Waals surface area (Å²) >= 11 is 0. The molecule has 1 aliphatic heterocycles. The maximum atomic E-state index is 11.5. The minimum Gasteiger partial charge on any atom is -0.337 e. The summed E-state index contributed by atoms with van der Waals surface area (Å²) < 4.78 is 5.33. The van der Waals surface area contributed by atoms with Crippen molar-refractivity contribution in [2.75, 3.05) is 6.54 Å². The molecule has 2 heterocycles. The van der Waals surface area contributed by atoms with E-state index in [4.69, 9.17) is 4.52 Å². The summed E-state index contributed by atoms with van der Waals surface area (Å²) in [5.74, 6) is 1.17. The maximum absolute atomic E-state index is 11.5. The van der Waals surface area contributed by atoms with E-state index in [0.717, 1.165) is 24.9 Å². The van der Waals surface area contributed by atoms with Crippen LogP contribution >= 0.6 is 0 Å². The van der Waals surface area contributed by atoms with Crippen molar-refractivity contribution < 1.29 is 9.32 Å². The highest BCUT2D eigenvalue weighted by atomic mass is 16.5. The molecule has 1 aromatic carbocycles. The molecule has 5 heteroatoms. The number of hydrogen-bond acceptors (Lipinski definition) is 4. The van der Waals surface area contributed by atoms with Gasteiger partial charge in [-0.1, -0.05) is 35.5 Å². The van der Waals surface area contributed by atoms with Crippen LogP contribution in [0, 0.1) is 0 Å². The van der Waals surface area contributed by atoms with Gasteiger partial charge in [-0.3, -0.25) is 4.79 Å². The summed E-state index contributed by atoms with van der Waals surface area (Å²) in [6, 6.07) is 9.62. The Kier molecular flexibility index (Phi) is 3.03. The van der Waals surface area contributed by atoms with Crippen LogP contribution in [0.4, 0.5) is 0 Å². The van der Waals surface area contributed by atoms with Crippen molar-refractivity contribution in [1.82, 2.24) is 15.0 Å². The van der Waals surface area contributed by atoms with Crippen molar-refractivity contribution in [1.29, 1.82) is 0 Å². The monoisotopic (exact) mass is 257 g/mol. The van der Waals surface area contributed by atoms with Crippen molar-refractivity contribution in [2.24, 2.45) is 0 Å². The highest BCUT2D eigenvalue weighted by Crippen LogP contribution is 2.31. The molecule has 3 rings (SSSR count). The minimum absolute atomic E-state index is 0.0574. The minimum atomic E-state index is -0.0672. The summed E-state index contributed by atoms with van der Waals surface area (Å²) in [5.41, 5.74) is 0.921. The number of likely N-dealkylation sites (tertiary alicyclic amines) is 1. The van der Waals surface area contributed by atoms with Gasteiger partial charge in [0.15, 0.2) is 0 Å². The van der Waals surface area contributed by atoms with E-state index >= 15 is 0 Å². The molecule has 1 aromatic heterocycles. The van der Waals surface area contributed by atoms with Crippen molar-refractivity contribution in [3.8, 4) is 11.4 Å². The molecule has 0 aliphatic carbocycles. The quantitative estimate of drug-likeness (QED) is 0.829. The van der Waals surface area contributed by atoms with Gasteiger partial charge in [-0.2, -0.15) is 4.98 Å². The number of carbonyl (C=O) groups is 1. The lowest BCUT2D eigenvalue weighted by Gasteiger charge is -2.19. The van der Waals surface area contributed by atoms with Gasteiger partial charge in [0.05, 0.1) is 0 Å². The van der Waals surface area contributed by atoms with E-state index < -0.39 is 0 Å². The van der Waals surface area contributed by atoms with Crippen molar-refractivity contribution >= 4 is 5.91 Å². The lowest BCUT2D eigenvalue weighted by Crippen LogP contribution is -2.28. The Morgan fingerprint density at radius 3 is 2.89 bits per heavy atom. The SMILES string of the molecule is CC(=O)N1CCC[C@@H]1c1nc(-c2ccccc2)no1. The molecule has 0 N–H and O–H groups in total. The van der Waals surface area contributed by atoms with Crippen molar-refractivity contribution in [3.63, 3.8) is 0 Å². The number of hydrogen-bond donors (Lipinski definition) is 0. The lowest BCUT2D eigenvalue weighted by atomic mass is 10.2.